The number of methoxy groups -OCH3 is 1. The second kappa shape index (κ2) is 7.56. The quantitative estimate of drug-likeness (QED) is 0.767. The molecule has 0 spiro atoms. The third-order valence-corrected chi connectivity index (χ3v) is 2.77. The summed E-state index contributed by atoms with van der Waals surface area (Å²) in [4.78, 5) is 16.1. The first-order chi connectivity index (χ1) is 9.02. The van der Waals surface area contributed by atoms with Crippen LogP contribution in [0.5, 0.6) is 5.88 Å². The maximum atomic E-state index is 11.8. The van der Waals surface area contributed by atoms with Gasteiger partial charge in [0.25, 0.3) is 0 Å². The summed E-state index contributed by atoms with van der Waals surface area (Å²) < 4.78 is 5.06. The Hall–Kier alpha value is -1.84. The SMILES string of the molecule is C=C(C)CC(C)C(=O)NCCc1cccc(OC)n1. The van der Waals surface area contributed by atoms with Crippen LogP contribution in [0.2, 0.25) is 0 Å². The van der Waals surface area contributed by atoms with Crippen LogP contribution in [-0.4, -0.2) is 24.5 Å². The summed E-state index contributed by atoms with van der Waals surface area (Å²) in [6, 6.07) is 5.62. The van der Waals surface area contributed by atoms with E-state index in [0.29, 0.717) is 18.8 Å². The molecule has 0 bridgehead atoms. The number of rotatable bonds is 7. The van der Waals surface area contributed by atoms with Gasteiger partial charge in [-0.1, -0.05) is 18.6 Å². The summed E-state index contributed by atoms with van der Waals surface area (Å²) in [5.74, 6) is 0.626. The minimum Gasteiger partial charge on any atom is -0.481 e. The molecule has 0 saturated carbocycles. The van der Waals surface area contributed by atoms with E-state index >= 15 is 0 Å². The number of pyridine rings is 1. The Morgan fingerprint density at radius 1 is 1.53 bits per heavy atom. The molecule has 1 aromatic rings. The van der Waals surface area contributed by atoms with Gasteiger partial charge in [-0.3, -0.25) is 4.79 Å². The van der Waals surface area contributed by atoms with Crippen LogP contribution in [0.25, 0.3) is 0 Å². The highest BCUT2D eigenvalue weighted by molar-refractivity contribution is 5.78. The number of aromatic nitrogens is 1. The van der Waals surface area contributed by atoms with Crippen molar-refractivity contribution in [2.75, 3.05) is 13.7 Å². The Kier molecular flexibility index (Phi) is 6.06. The molecule has 1 amide bonds. The minimum atomic E-state index is -0.0317. The number of nitrogens with zero attached hydrogens (tertiary/aromatic N) is 1. The summed E-state index contributed by atoms with van der Waals surface area (Å²) in [5.41, 5.74) is 1.93. The van der Waals surface area contributed by atoms with Crippen molar-refractivity contribution in [3.05, 3.63) is 36.0 Å². The first kappa shape index (κ1) is 15.2. The van der Waals surface area contributed by atoms with Gasteiger partial charge in [0.05, 0.1) is 7.11 Å². The zero-order valence-electron chi connectivity index (χ0n) is 11.9. The number of hydrogen-bond donors (Lipinski definition) is 1. The van der Waals surface area contributed by atoms with Crippen LogP contribution in [0.4, 0.5) is 0 Å². The molecular formula is C15H22N2O2. The maximum Gasteiger partial charge on any atom is 0.223 e. The van der Waals surface area contributed by atoms with E-state index in [1.807, 2.05) is 26.0 Å². The van der Waals surface area contributed by atoms with E-state index in [0.717, 1.165) is 17.7 Å². The smallest absolute Gasteiger partial charge is 0.223 e. The van der Waals surface area contributed by atoms with Crippen LogP contribution < -0.4 is 10.1 Å². The van der Waals surface area contributed by atoms with E-state index in [-0.39, 0.29) is 11.8 Å². The molecule has 1 N–H and O–H groups in total. The number of ether oxygens (including phenoxy) is 1. The summed E-state index contributed by atoms with van der Waals surface area (Å²) >= 11 is 0. The highest BCUT2D eigenvalue weighted by Crippen LogP contribution is 2.09. The van der Waals surface area contributed by atoms with Gasteiger partial charge < -0.3 is 10.1 Å². The van der Waals surface area contributed by atoms with Gasteiger partial charge in [-0.15, -0.1) is 6.58 Å². The lowest BCUT2D eigenvalue weighted by Crippen LogP contribution is -2.31. The fourth-order valence-electron chi connectivity index (χ4n) is 1.81. The summed E-state index contributed by atoms with van der Waals surface area (Å²) in [6.07, 6.45) is 1.42. The summed E-state index contributed by atoms with van der Waals surface area (Å²) in [7, 11) is 1.59. The van der Waals surface area contributed by atoms with Crippen molar-refractivity contribution >= 4 is 5.91 Å². The summed E-state index contributed by atoms with van der Waals surface area (Å²) in [6.45, 7) is 8.25. The fraction of sp³-hybridized carbons (Fsp3) is 0.467. The Labute approximate surface area is 114 Å². The largest absolute Gasteiger partial charge is 0.481 e. The lowest BCUT2D eigenvalue weighted by atomic mass is 10.0. The maximum absolute atomic E-state index is 11.8. The molecule has 0 aliphatic carbocycles. The third kappa shape index (κ3) is 5.55. The van der Waals surface area contributed by atoms with E-state index in [1.165, 1.54) is 0 Å². The molecule has 0 aliphatic heterocycles. The molecule has 4 heteroatoms. The average molecular weight is 262 g/mol. The van der Waals surface area contributed by atoms with Crippen LogP contribution in [0, 0.1) is 5.92 Å². The second-order valence-electron chi connectivity index (χ2n) is 4.77. The van der Waals surface area contributed by atoms with Gasteiger partial charge in [-0.05, 0) is 19.4 Å². The van der Waals surface area contributed by atoms with Crippen molar-refractivity contribution in [2.24, 2.45) is 5.92 Å². The molecular weight excluding hydrogens is 240 g/mol. The topological polar surface area (TPSA) is 51.2 Å². The third-order valence-electron chi connectivity index (χ3n) is 2.77. The minimum absolute atomic E-state index is 0.0317. The van der Waals surface area contributed by atoms with Crippen molar-refractivity contribution in [1.29, 1.82) is 0 Å². The van der Waals surface area contributed by atoms with Crippen LogP contribution in [0.3, 0.4) is 0 Å². The van der Waals surface area contributed by atoms with Crippen molar-refractivity contribution in [2.45, 2.75) is 26.7 Å². The molecule has 0 aliphatic rings. The first-order valence-electron chi connectivity index (χ1n) is 6.45. The number of amides is 1. The highest BCUT2D eigenvalue weighted by Gasteiger charge is 2.12. The molecule has 1 unspecified atom stereocenters. The number of allylic oxidation sites excluding steroid dienone is 1. The van der Waals surface area contributed by atoms with E-state index in [9.17, 15) is 4.79 Å². The Morgan fingerprint density at radius 3 is 2.89 bits per heavy atom. The number of carbonyl (C=O) groups is 1. The Morgan fingerprint density at radius 2 is 2.26 bits per heavy atom. The molecule has 0 aromatic carbocycles. The monoisotopic (exact) mass is 262 g/mol. The zero-order valence-corrected chi connectivity index (χ0v) is 11.9. The predicted molar refractivity (Wildman–Crippen MR) is 76.1 cm³/mol. The van der Waals surface area contributed by atoms with E-state index in [4.69, 9.17) is 4.74 Å². The Balaban J connectivity index is 2.37. The highest BCUT2D eigenvalue weighted by atomic mass is 16.5. The number of nitrogens with one attached hydrogen (secondary N) is 1. The normalized spacial score (nSPS) is 11.7. The molecule has 1 atom stereocenters. The van der Waals surface area contributed by atoms with Gasteiger partial charge in [-0.2, -0.15) is 0 Å². The fourth-order valence-corrected chi connectivity index (χ4v) is 1.81. The van der Waals surface area contributed by atoms with Gasteiger partial charge in [-0.25, -0.2) is 4.98 Å². The molecule has 1 heterocycles. The lowest BCUT2D eigenvalue weighted by Gasteiger charge is -2.12. The molecule has 0 fully saturated rings. The van der Waals surface area contributed by atoms with Crippen LogP contribution in [-0.2, 0) is 11.2 Å². The zero-order chi connectivity index (χ0) is 14.3. The number of hydrogen-bond acceptors (Lipinski definition) is 3. The van der Waals surface area contributed by atoms with Gasteiger partial charge in [0.2, 0.25) is 11.8 Å². The van der Waals surface area contributed by atoms with Gasteiger partial charge in [0.15, 0.2) is 0 Å². The van der Waals surface area contributed by atoms with Crippen molar-refractivity contribution in [3.8, 4) is 5.88 Å². The van der Waals surface area contributed by atoms with Crippen LogP contribution in [0.15, 0.2) is 30.4 Å². The van der Waals surface area contributed by atoms with Crippen molar-refractivity contribution in [3.63, 3.8) is 0 Å². The molecule has 0 radical (unpaired) electrons. The molecule has 1 aromatic heterocycles. The Bertz CT molecular complexity index is 444. The molecule has 0 saturated heterocycles. The van der Waals surface area contributed by atoms with E-state index in [1.54, 1.807) is 13.2 Å². The molecule has 19 heavy (non-hydrogen) atoms. The van der Waals surface area contributed by atoms with E-state index in [2.05, 4.69) is 16.9 Å². The molecule has 4 nitrogen and oxygen atoms in total. The number of carbonyl (C=O) groups excluding carboxylic acids is 1. The van der Waals surface area contributed by atoms with Crippen LogP contribution in [0.1, 0.15) is 26.0 Å². The van der Waals surface area contributed by atoms with E-state index < -0.39 is 0 Å². The summed E-state index contributed by atoms with van der Waals surface area (Å²) in [5, 5.41) is 2.91. The standard InChI is InChI=1S/C15H22N2O2/c1-11(2)10-12(3)15(18)16-9-8-13-6-5-7-14(17-13)19-4/h5-7,12H,1,8-10H2,2-4H3,(H,16,18). The molecule has 104 valence electrons. The van der Waals surface area contributed by atoms with Crippen molar-refractivity contribution in [1.82, 2.24) is 10.3 Å². The van der Waals surface area contributed by atoms with Crippen LogP contribution >= 0.6 is 0 Å². The lowest BCUT2D eigenvalue weighted by molar-refractivity contribution is -0.124. The first-order valence-corrected chi connectivity index (χ1v) is 6.45. The second-order valence-corrected chi connectivity index (χ2v) is 4.77. The average Bonchev–Trinajstić information content (AvgIpc) is 2.38. The predicted octanol–water partition coefficient (Wildman–Crippen LogP) is 2.35. The van der Waals surface area contributed by atoms with Gasteiger partial charge >= 0.3 is 0 Å². The molecule has 1 rings (SSSR count). The van der Waals surface area contributed by atoms with Gasteiger partial charge in [0, 0.05) is 30.6 Å². The van der Waals surface area contributed by atoms with Gasteiger partial charge in [0.1, 0.15) is 0 Å². The van der Waals surface area contributed by atoms with Crippen molar-refractivity contribution < 1.29 is 9.53 Å².